The topological polar surface area (TPSA) is 46.5 Å². The lowest BCUT2D eigenvalue weighted by Gasteiger charge is -2.09. The van der Waals surface area contributed by atoms with E-state index in [1.54, 1.807) is 4.68 Å². The van der Waals surface area contributed by atoms with Gasteiger partial charge in [-0.05, 0) is 31.9 Å². The van der Waals surface area contributed by atoms with Crippen molar-refractivity contribution >= 4 is 12.2 Å². The Morgan fingerprint density at radius 1 is 1.29 bits per heavy atom. The molecule has 1 N–H and O–H groups in total. The van der Waals surface area contributed by atoms with Gasteiger partial charge in [-0.15, -0.1) is 0 Å². The molecule has 2 heterocycles. The quantitative estimate of drug-likeness (QED) is 0.831. The number of hydrogen-bond acceptors (Lipinski definition) is 3. The van der Waals surface area contributed by atoms with E-state index >= 15 is 0 Å². The van der Waals surface area contributed by atoms with Crippen LogP contribution in [0, 0.1) is 18.5 Å². The molecule has 0 amide bonds. The summed E-state index contributed by atoms with van der Waals surface area (Å²) >= 11 is 5.18. The molecular weight excluding hydrogens is 232 g/mol. The normalized spacial score (nSPS) is 11.1. The molecule has 0 spiro atoms. The van der Waals surface area contributed by atoms with Gasteiger partial charge in [-0.25, -0.2) is 9.67 Å². The van der Waals surface area contributed by atoms with Crippen LogP contribution < -0.4 is 0 Å². The molecule has 90 valence electrons. The van der Waals surface area contributed by atoms with Crippen LogP contribution in [0.15, 0.2) is 12.1 Å². The zero-order valence-electron chi connectivity index (χ0n) is 10.5. The van der Waals surface area contributed by atoms with Gasteiger partial charge in [0.2, 0.25) is 5.95 Å². The van der Waals surface area contributed by atoms with E-state index in [1.807, 2.05) is 26.0 Å². The molecule has 0 radical (unpaired) electrons. The fourth-order valence-corrected chi connectivity index (χ4v) is 1.93. The Morgan fingerprint density at radius 3 is 2.53 bits per heavy atom. The number of aromatic amines is 1. The summed E-state index contributed by atoms with van der Waals surface area (Å²) in [6.07, 6.45) is 0. The lowest BCUT2D eigenvalue weighted by Crippen LogP contribution is -2.07. The number of H-pyrrole nitrogens is 1. The lowest BCUT2D eigenvalue weighted by atomic mass is 10.1. The summed E-state index contributed by atoms with van der Waals surface area (Å²) in [6, 6.07) is 3.91. The molecule has 0 saturated heterocycles. The minimum atomic E-state index is 0.385. The molecule has 17 heavy (non-hydrogen) atoms. The summed E-state index contributed by atoms with van der Waals surface area (Å²) in [7, 11) is 0. The Labute approximate surface area is 106 Å². The minimum Gasteiger partial charge on any atom is -0.327 e. The van der Waals surface area contributed by atoms with Crippen molar-refractivity contribution in [1.29, 1.82) is 0 Å². The second-order valence-electron chi connectivity index (χ2n) is 4.49. The largest absolute Gasteiger partial charge is 0.327 e. The Bertz CT molecular complexity index is 595. The van der Waals surface area contributed by atoms with Crippen LogP contribution in [0.1, 0.15) is 36.8 Å². The van der Waals surface area contributed by atoms with Crippen LogP contribution >= 0.6 is 12.2 Å². The maximum Gasteiger partial charge on any atom is 0.229 e. The molecule has 4 nitrogen and oxygen atoms in total. The fourth-order valence-electron chi connectivity index (χ4n) is 1.72. The van der Waals surface area contributed by atoms with Gasteiger partial charge in [0.15, 0.2) is 0 Å². The molecule has 2 aromatic heterocycles. The van der Waals surface area contributed by atoms with Crippen molar-refractivity contribution in [3.05, 3.63) is 33.9 Å². The van der Waals surface area contributed by atoms with E-state index in [0.717, 1.165) is 17.1 Å². The van der Waals surface area contributed by atoms with E-state index in [2.05, 4.69) is 28.9 Å². The van der Waals surface area contributed by atoms with Gasteiger partial charge in [-0.3, -0.25) is 0 Å². The number of hydrogen-bond donors (Lipinski definition) is 1. The van der Waals surface area contributed by atoms with E-state index in [9.17, 15) is 0 Å². The average Bonchev–Trinajstić information content (AvgIpc) is 2.57. The molecule has 5 heteroatoms. The third kappa shape index (κ3) is 2.44. The highest BCUT2D eigenvalue weighted by Gasteiger charge is 2.08. The van der Waals surface area contributed by atoms with Crippen molar-refractivity contribution < 1.29 is 0 Å². The fraction of sp³-hybridized carbons (Fsp3) is 0.417. The SMILES string of the molecule is Cc1cc(C)n(-c2nc(=S)cc(C(C)C)[nH]2)n1. The predicted octanol–water partition coefficient (Wildman–Crippen LogP) is 3.07. The first-order valence-electron chi connectivity index (χ1n) is 5.62. The number of nitrogens with one attached hydrogen (secondary N) is 1. The minimum absolute atomic E-state index is 0.385. The smallest absolute Gasteiger partial charge is 0.229 e. The first-order chi connectivity index (χ1) is 7.97. The van der Waals surface area contributed by atoms with Crippen molar-refractivity contribution in [2.24, 2.45) is 0 Å². The summed E-state index contributed by atoms with van der Waals surface area (Å²) in [5.41, 5.74) is 3.09. The van der Waals surface area contributed by atoms with Crippen LogP contribution in [0.25, 0.3) is 5.95 Å². The molecule has 0 aliphatic rings. The van der Waals surface area contributed by atoms with Crippen molar-refractivity contribution in [2.75, 3.05) is 0 Å². The molecule has 0 saturated carbocycles. The summed E-state index contributed by atoms with van der Waals surface area (Å²) < 4.78 is 2.38. The van der Waals surface area contributed by atoms with Crippen molar-refractivity contribution in [3.8, 4) is 5.95 Å². The maximum absolute atomic E-state index is 5.18. The highest BCUT2D eigenvalue weighted by atomic mass is 32.1. The standard InChI is InChI=1S/C12H16N4S/c1-7(2)10-6-11(17)14-12(13-10)16-9(4)5-8(3)15-16/h5-7H,1-4H3,(H,13,14,17). The summed E-state index contributed by atoms with van der Waals surface area (Å²) in [5, 5.41) is 4.40. The van der Waals surface area contributed by atoms with Crippen LogP contribution in [0.3, 0.4) is 0 Å². The second-order valence-corrected chi connectivity index (χ2v) is 4.91. The Morgan fingerprint density at radius 2 is 2.00 bits per heavy atom. The van der Waals surface area contributed by atoms with Gasteiger partial charge in [0.1, 0.15) is 4.64 Å². The van der Waals surface area contributed by atoms with Gasteiger partial charge >= 0.3 is 0 Å². The first-order valence-corrected chi connectivity index (χ1v) is 6.03. The molecule has 0 bridgehead atoms. The van der Waals surface area contributed by atoms with Gasteiger partial charge in [0.25, 0.3) is 0 Å². The zero-order valence-corrected chi connectivity index (χ0v) is 11.3. The number of aromatic nitrogens is 4. The number of nitrogens with zero attached hydrogens (tertiary/aromatic N) is 3. The van der Waals surface area contributed by atoms with Crippen molar-refractivity contribution in [2.45, 2.75) is 33.6 Å². The first kappa shape index (κ1) is 12.0. The molecule has 0 atom stereocenters. The van der Waals surface area contributed by atoms with E-state index in [0.29, 0.717) is 16.5 Å². The van der Waals surface area contributed by atoms with E-state index in [4.69, 9.17) is 12.2 Å². The van der Waals surface area contributed by atoms with Crippen molar-refractivity contribution in [1.82, 2.24) is 19.7 Å². The number of rotatable bonds is 2. The predicted molar refractivity (Wildman–Crippen MR) is 70.1 cm³/mol. The highest BCUT2D eigenvalue weighted by Crippen LogP contribution is 2.14. The van der Waals surface area contributed by atoms with Crippen LogP contribution in [-0.2, 0) is 0 Å². The van der Waals surface area contributed by atoms with E-state index in [1.165, 1.54) is 0 Å². The van der Waals surface area contributed by atoms with Gasteiger partial charge in [-0.1, -0.05) is 26.1 Å². The summed E-state index contributed by atoms with van der Waals surface area (Å²) in [5.74, 6) is 1.07. The molecule has 0 aliphatic carbocycles. The molecule has 0 fully saturated rings. The molecule has 0 aromatic carbocycles. The Hall–Kier alpha value is -1.49. The van der Waals surface area contributed by atoms with Crippen LogP contribution in [0.5, 0.6) is 0 Å². The van der Waals surface area contributed by atoms with Gasteiger partial charge in [-0.2, -0.15) is 5.10 Å². The van der Waals surface area contributed by atoms with Gasteiger partial charge in [0, 0.05) is 11.4 Å². The third-order valence-electron chi connectivity index (χ3n) is 2.58. The average molecular weight is 248 g/mol. The van der Waals surface area contributed by atoms with Crippen LogP contribution in [0.2, 0.25) is 0 Å². The maximum atomic E-state index is 5.18. The summed E-state index contributed by atoms with van der Waals surface area (Å²) in [4.78, 5) is 7.60. The highest BCUT2D eigenvalue weighted by molar-refractivity contribution is 7.71. The molecular formula is C12H16N4S. The molecule has 0 aliphatic heterocycles. The third-order valence-corrected chi connectivity index (χ3v) is 2.79. The monoisotopic (exact) mass is 248 g/mol. The molecule has 2 rings (SSSR count). The molecule has 0 unspecified atom stereocenters. The van der Waals surface area contributed by atoms with E-state index < -0.39 is 0 Å². The van der Waals surface area contributed by atoms with Crippen LogP contribution in [0.4, 0.5) is 0 Å². The Balaban J connectivity index is 2.60. The number of aryl methyl sites for hydroxylation is 2. The van der Waals surface area contributed by atoms with E-state index in [-0.39, 0.29) is 0 Å². The second kappa shape index (κ2) is 4.41. The van der Waals surface area contributed by atoms with Crippen molar-refractivity contribution in [3.63, 3.8) is 0 Å². The Kier molecular flexibility index (Phi) is 3.11. The summed E-state index contributed by atoms with van der Waals surface area (Å²) in [6.45, 7) is 8.20. The molecule has 2 aromatic rings. The van der Waals surface area contributed by atoms with Gasteiger partial charge in [0.05, 0.1) is 5.69 Å². The van der Waals surface area contributed by atoms with Gasteiger partial charge < -0.3 is 4.98 Å². The zero-order chi connectivity index (χ0) is 12.6. The van der Waals surface area contributed by atoms with Crippen LogP contribution in [-0.4, -0.2) is 19.7 Å². The lowest BCUT2D eigenvalue weighted by molar-refractivity contribution is 0.736.